The van der Waals surface area contributed by atoms with E-state index in [1.54, 1.807) is 0 Å². The summed E-state index contributed by atoms with van der Waals surface area (Å²) < 4.78 is 29.6. The molecule has 0 radical (unpaired) electrons. The van der Waals surface area contributed by atoms with Crippen molar-refractivity contribution >= 4 is 10.3 Å². The molecule has 1 N–H and O–H groups in total. The maximum absolute atomic E-state index is 10.2. The van der Waals surface area contributed by atoms with E-state index >= 15 is 0 Å². The Balaban J connectivity index is 3.90. The molecule has 56 valence electrons. The van der Waals surface area contributed by atoms with E-state index in [0.717, 1.165) is 4.31 Å². The zero-order chi connectivity index (χ0) is 7.49. The van der Waals surface area contributed by atoms with Crippen LogP contribution in [0.3, 0.4) is 0 Å². The first-order valence-corrected chi connectivity index (χ1v) is 4.07. The van der Waals surface area contributed by atoms with Crippen LogP contribution in [0.15, 0.2) is 0 Å². The Hall–Kier alpha value is -0.130. The molecule has 9 heavy (non-hydrogen) atoms. The fourth-order valence-corrected chi connectivity index (χ4v) is 0.844. The van der Waals surface area contributed by atoms with Crippen LogP contribution < -0.4 is 0 Å². The highest BCUT2D eigenvalue weighted by Gasteiger charge is 2.10. The van der Waals surface area contributed by atoms with Crippen LogP contribution in [0.25, 0.3) is 0 Å². The van der Waals surface area contributed by atoms with Crippen molar-refractivity contribution in [2.45, 2.75) is 13.3 Å². The number of hydrogen-bond acceptors (Lipinski definition) is 2. The van der Waals surface area contributed by atoms with Gasteiger partial charge in [0, 0.05) is 13.6 Å². The lowest BCUT2D eigenvalue weighted by Crippen LogP contribution is -2.26. The molecular formula is C4H11NO3S. The SMILES string of the molecule is CCCN(C)S(=O)(=O)O. The molecule has 0 aliphatic rings. The van der Waals surface area contributed by atoms with Gasteiger partial charge in [0.1, 0.15) is 0 Å². The van der Waals surface area contributed by atoms with E-state index in [1.165, 1.54) is 7.05 Å². The summed E-state index contributed by atoms with van der Waals surface area (Å²) in [6.07, 6.45) is 0.705. The normalized spacial score (nSPS) is 12.4. The van der Waals surface area contributed by atoms with Crippen LogP contribution >= 0.6 is 0 Å². The van der Waals surface area contributed by atoms with Gasteiger partial charge in [-0.15, -0.1) is 0 Å². The standard InChI is InChI=1S/C4H11NO3S/c1-3-4-5(2)9(6,7)8/h3-4H2,1-2H3,(H,6,7,8). The van der Waals surface area contributed by atoms with Crippen molar-refractivity contribution in [3.05, 3.63) is 0 Å². The molecule has 0 spiro atoms. The summed E-state index contributed by atoms with van der Waals surface area (Å²) in [6, 6.07) is 0. The quantitative estimate of drug-likeness (QED) is 0.586. The Kier molecular flexibility index (Phi) is 3.10. The highest BCUT2D eigenvalue weighted by atomic mass is 32.2. The molecule has 0 saturated heterocycles. The monoisotopic (exact) mass is 153 g/mol. The Morgan fingerprint density at radius 2 is 2.00 bits per heavy atom. The van der Waals surface area contributed by atoms with Gasteiger partial charge in [0.2, 0.25) is 0 Å². The summed E-state index contributed by atoms with van der Waals surface area (Å²) in [4.78, 5) is 0. The fraction of sp³-hybridized carbons (Fsp3) is 1.00. The maximum Gasteiger partial charge on any atom is 0.335 e. The Morgan fingerprint density at radius 3 is 2.11 bits per heavy atom. The summed E-state index contributed by atoms with van der Waals surface area (Å²) in [5.41, 5.74) is 0. The maximum atomic E-state index is 10.2. The van der Waals surface area contributed by atoms with Crippen LogP contribution in [-0.4, -0.2) is 30.9 Å². The molecule has 0 aromatic carbocycles. The third kappa shape index (κ3) is 3.45. The minimum absolute atomic E-state index is 0.360. The summed E-state index contributed by atoms with van der Waals surface area (Å²) in [5.74, 6) is 0. The summed E-state index contributed by atoms with van der Waals surface area (Å²) in [6.45, 7) is 2.19. The third-order valence-corrected chi connectivity index (χ3v) is 1.90. The summed E-state index contributed by atoms with van der Waals surface area (Å²) in [7, 11) is -2.60. The van der Waals surface area contributed by atoms with Crippen molar-refractivity contribution in [3.8, 4) is 0 Å². The van der Waals surface area contributed by atoms with Gasteiger partial charge in [0.05, 0.1) is 0 Å². The van der Waals surface area contributed by atoms with E-state index < -0.39 is 10.3 Å². The molecule has 0 rings (SSSR count). The lowest BCUT2D eigenvalue weighted by Gasteiger charge is -2.09. The van der Waals surface area contributed by atoms with Crippen LogP contribution in [-0.2, 0) is 10.3 Å². The number of hydrogen-bond donors (Lipinski definition) is 1. The fourth-order valence-electron chi connectivity index (χ4n) is 0.430. The zero-order valence-electron chi connectivity index (χ0n) is 5.53. The van der Waals surface area contributed by atoms with Gasteiger partial charge >= 0.3 is 10.3 Å². The lowest BCUT2D eigenvalue weighted by molar-refractivity contribution is 0.387. The first-order chi connectivity index (χ1) is 3.98. The summed E-state index contributed by atoms with van der Waals surface area (Å²) in [5, 5.41) is 0. The van der Waals surface area contributed by atoms with Crippen molar-refractivity contribution < 1.29 is 13.0 Å². The predicted molar refractivity (Wildman–Crippen MR) is 34.5 cm³/mol. The summed E-state index contributed by atoms with van der Waals surface area (Å²) >= 11 is 0. The van der Waals surface area contributed by atoms with E-state index in [0.29, 0.717) is 13.0 Å². The minimum Gasteiger partial charge on any atom is -0.273 e. The van der Waals surface area contributed by atoms with Crippen LogP contribution in [0.4, 0.5) is 0 Å². The molecular weight excluding hydrogens is 142 g/mol. The van der Waals surface area contributed by atoms with Gasteiger partial charge in [-0.3, -0.25) is 4.55 Å². The second-order valence-corrected chi connectivity index (χ2v) is 3.32. The van der Waals surface area contributed by atoms with Gasteiger partial charge < -0.3 is 0 Å². The highest BCUT2D eigenvalue weighted by molar-refractivity contribution is 7.83. The van der Waals surface area contributed by atoms with Crippen molar-refractivity contribution in [3.63, 3.8) is 0 Å². The first-order valence-electron chi connectivity index (χ1n) is 2.67. The Morgan fingerprint density at radius 1 is 1.56 bits per heavy atom. The van der Waals surface area contributed by atoms with Gasteiger partial charge in [-0.25, -0.2) is 0 Å². The third-order valence-electron chi connectivity index (χ3n) is 0.932. The molecule has 0 aliphatic carbocycles. The molecule has 0 amide bonds. The Labute approximate surface area is 55.4 Å². The van der Waals surface area contributed by atoms with Crippen molar-refractivity contribution in [1.82, 2.24) is 4.31 Å². The molecule has 5 heteroatoms. The van der Waals surface area contributed by atoms with Crippen molar-refractivity contribution in [2.75, 3.05) is 13.6 Å². The molecule has 0 aliphatic heterocycles. The smallest absolute Gasteiger partial charge is 0.273 e. The lowest BCUT2D eigenvalue weighted by atomic mass is 10.5. The second-order valence-electron chi connectivity index (χ2n) is 1.80. The predicted octanol–water partition coefficient (Wildman–Crippen LogP) is 0.131. The topological polar surface area (TPSA) is 57.6 Å². The van der Waals surface area contributed by atoms with Crippen LogP contribution in [0.2, 0.25) is 0 Å². The Bertz CT molecular complexity index is 163. The molecule has 0 aromatic rings. The van der Waals surface area contributed by atoms with Crippen molar-refractivity contribution in [1.29, 1.82) is 0 Å². The van der Waals surface area contributed by atoms with E-state index in [2.05, 4.69) is 0 Å². The van der Waals surface area contributed by atoms with Gasteiger partial charge in [-0.05, 0) is 6.42 Å². The molecule has 0 aromatic heterocycles. The molecule has 0 bridgehead atoms. The van der Waals surface area contributed by atoms with Crippen molar-refractivity contribution in [2.24, 2.45) is 0 Å². The molecule has 0 fully saturated rings. The van der Waals surface area contributed by atoms with Crippen LogP contribution in [0.1, 0.15) is 13.3 Å². The van der Waals surface area contributed by atoms with Gasteiger partial charge in [-0.1, -0.05) is 6.92 Å². The molecule has 0 unspecified atom stereocenters. The molecule has 0 atom stereocenters. The van der Waals surface area contributed by atoms with Gasteiger partial charge in [0.25, 0.3) is 0 Å². The van der Waals surface area contributed by atoms with E-state index in [4.69, 9.17) is 4.55 Å². The van der Waals surface area contributed by atoms with Gasteiger partial charge in [-0.2, -0.15) is 12.7 Å². The van der Waals surface area contributed by atoms with E-state index in [-0.39, 0.29) is 0 Å². The van der Waals surface area contributed by atoms with Crippen LogP contribution in [0.5, 0.6) is 0 Å². The molecule has 4 nitrogen and oxygen atoms in total. The number of nitrogens with zero attached hydrogens (tertiary/aromatic N) is 1. The van der Waals surface area contributed by atoms with Crippen LogP contribution in [0, 0.1) is 0 Å². The first kappa shape index (κ1) is 8.87. The van der Waals surface area contributed by atoms with Gasteiger partial charge in [0.15, 0.2) is 0 Å². The largest absolute Gasteiger partial charge is 0.335 e. The average molecular weight is 153 g/mol. The second kappa shape index (κ2) is 3.14. The average Bonchev–Trinajstić information content (AvgIpc) is 1.64. The minimum atomic E-state index is -3.93. The number of rotatable bonds is 3. The molecule has 0 heterocycles. The molecule has 0 saturated carbocycles. The van der Waals surface area contributed by atoms with E-state index in [9.17, 15) is 8.42 Å². The zero-order valence-corrected chi connectivity index (χ0v) is 6.35. The van der Waals surface area contributed by atoms with E-state index in [1.807, 2.05) is 6.92 Å². The highest BCUT2D eigenvalue weighted by Crippen LogP contribution is 1.92.